The molecular weight excluding hydrogens is 275 g/mol. The second-order valence-corrected chi connectivity index (χ2v) is 5.14. The maximum Gasteiger partial charge on any atom is 0.335 e. The molecule has 0 spiro atoms. The molecule has 0 atom stereocenters. The summed E-state index contributed by atoms with van der Waals surface area (Å²) in [6.45, 7) is 0. The standard InChI is InChI=1S/C16H13FO2S/c17-14-9-8-13(16(18)19)11-15(14)20-10-4-7-12-5-2-1-3-6-12/h1-9,11H,10H2,(H,18,19)/b7-4+. The van der Waals surface area contributed by atoms with E-state index in [2.05, 4.69) is 0 Å². The van der Waals surface area contributed by atoms with E-state index in [0.29, 0.717) is 10.6 Å². The Hall–Kier alpha value is -2.07. The summed E-state index contributed by atoms with van der Waals surface area (Å²) < 4.78 is 13.5. The molecule has 2 aromatic rings. The van der Waals surface area contributed by atoms with Crippen LogP contribution in [0.3, 0.4) is 0 Å². The monoisotopic (exact) mass is 288 g/mol. The number of thioether (sulfide) groups is 1. The van der Waals surface area contributed by atoms with Gasteiger partial charge in [0.25, 0.3) is 0 Å². The average Bonchev–Trinajstić information content (AvgIpc) is 2.46. The van der Waals surface area contributed by atoms with E-state index in [-0.39, 0.29) is 5.56 Å². The van der Waals surface area contributed by atoms with Crippen LogP contribution in [0.2, 0.25) is 0 Å². The van der Waals surface area contributed by atoms with Crippen molar-refractivity contribution in [1.29, 1.82) is 0 Å². The van der Waals surface area contributed by atoms with Gasteiger partial charge in [0.05, 0.1) is 5.56 Å². The third-order valence-corrected chi connectivity index (χ3v) is 3.61. The van der Waals surface area contributed by atoms with E-state index in [9.17, 15) is 9.18 Å². The normalized spacial score (nSPS) is 10.8. The molecular formula is C16H13FO2S. The molecule has 0 saturated heterocycles. The van der Waals surface area contributed by atoms with E-state index in [1.54, 1.807) is 0 Å². The summed E-state index contributed by atoms with van der Waals surface area (Å²) in [6, 6.07) is 13.6. The lowest BCUT2D eigenvalue weighted by Gasteiger charge is -2.02. The molecule has 0 bridgehead atoms. The van der Waals surface area contributed by atoms with Gasteiger partial charge in [-0.2, -0.15) is 0 Å². The molecule has 0 aliphatic heterocycles. The predicted octanol–water partition coefficient (Wildman–Crippen LogP) is 4.33. The van der Waals surface area contributed by atoms with Crippen LogP contribution in [0.4, 0.5) is 4.39 Å². The van der Waals surface area contributed by atoms with Gasteiger partial charge in [0, 0.05) is 10.6 Å². The Kier molecular flexibility index (Phi) is 4.96. The highest BCUT2D eigenvalue weighted by molar-refractivity contribution is 7.99. The van der Waals surface area contributed by atoms with Crippen molar-refractivity contribution in [3.8, 4) is 0 Å². The van der Waals surface area contributed by atoms with Gasteiger partial charge in [0.15, 0.2) is 0 Å². The molecule has 2 aromatic carbocycles. The Labute approximate surface area is 121 Å². The first-order valence-corrected chi connectivity index (χ1v) is 7.02. The summed E-state index contributed by atoms with van der Waals surface area (Å²) in [5, 5.41) is 8.87. The van der Waals surface area contributed by atoms with Crippen LogP contribution < -0.4 is 0 Å². The van der Waals surface area contributed by atoms with Crippen molar-refractivity contribution < 1.29 is 14.3 Å². The quantitative estimate of drug-likeness (QED) is 0.832. The van der Waals surface area contributed by atoms with Gasteiger partial charge in [-0.05, 0) is 23.8 Å². The summed E-state index contributed by atoms with van der Waals surface area (Å²) in [5.74, 6) is -0.866. The molecule has 102 valence electrons. The number of carboxylic acid groups (broad SMARTS) is 1. The first kappa shape index (κ1) is 14.3. The molecule has 2 nitrogen and oxygen atoms in total. The van der Waals surface area contributed by atoms with Crippen LogP contribution >= 0.6 is 11.8 Å². The van der Waals surface area contributed by atoms with Gasteiger partial charge in [0.1, 0.15) is 5.82 Å². The van der Waals surface area contributed by atoms with Gasteiger partial charge in [-0.25, -0.2) is 9.18 Å². The molecule has 4 heteroatoms. The van der Waals surface area contributed by atoms with Crippen molar-refractivity contribution in [2.24, 2.45) is 0 Å². The van der Waals surface area contributed by atoms with E-state index >= 15 is 0 Å². The maximum atomic E-state index is 13.5. The van der Waals surface area contributed by atoms with Gasteiger partial charge in [0.2, 0.25) is 0 Å². The highest BCUT2D eigenvalue weighted by Crippen LogP contribution is 2.23. The van der Waals surface area contributed by atoms with Crippen LogP contribution in [0.25, 0.3) is 6.08 Å². The highest BCUT2D eigenvalue weighted by atomic mass is 32.2. The zero-order chi connectivity index (χ0) is 14.4. The first-order chi connectivity index (χ1) is 9.66. The Morgan fingerprint density at radius 3 is 2.65 bits per heavy atom. The minimum absolute atomic E-state index is 0.0981. The van der Waals surface area contributed by atoms with Crippen molar-refractivity contribution in [2.75, 3.05) is 5.75 Å². The third-order valence-electron chi connectivity index (χ3n) is 2.62. The van der Waals surface area contributed by atoms with Crippen LogP contribution in [0.5, 0.6) is 0 Å². The lowest BCUT2D eigenvalue weighted by atomic mass is 10.2. The fourth-order valence-corrected chi connectivity index (χ4v) is 2.42. The second-order valence-electron chi connectivity index (χ2n) is 4.07. The predicted molar refractivity (Wildman–Crippen MR) is 79.6 cm³/mol. The van der Waals surface area contributed by atoms with E-state index in [0.717, 1.165) is 5.56 Å². The topological polar surface area (TPSA) is 37.3 Å². The van der Waals surface area contributed by atoms with Crippen molar-refractivity contribution in [3.05, 3.63) is 71.6 Å². The SMILES string of the molecule is O=C(O)c1ccc(F)c(SC/C=C/c2ccccc2)c1. The summed E-state index contributed by atoms with van der Waals surface area (Å²) >= 11 is 1.27. The minimum Gasteiger partial charge on any atom is -0.478 e. The van der Waals surface area contributed by atoms with Crippen molar-refractivity contribution in [3.63, 3.8) is 0 Å². The Bertz CT molecular complexity index is 624. The van der Waals surface area contributed by atoms with E-state index in [1.807, 2.05) is 42.5 Å². The van der Waals surface area contributed by atoms with E-state index < -0.39 is 11.8 Å². The summed E-state index contributed by atoms with van der Waals surface area (Å²) in [7, 11) is 0. The van der Waals surface area contributed by atoms with E-state index in [1.165, 1.54) is 30.0 Å². The van der Waals surface area contributed by atoms with Crippen molar-refractivity contribution >= 4 is 23.8 Å². The number of hydrogen-bond donors (Lipinski definition) is 1. The van der Waals surface area contributed by atoms with Gasteiger partial charge < -0.3 is 5.11 Å². The van der Waals surface area contributed by atoms with E-state index in [4.69, 9.17) is 5.11 Å². The molecule has 0 unspecified atom stereocenters. The van der Waals surface area contributed by atoms with Gasteiger partial charge >= 0.3 is 5.97 Å². The number of hydrogen-bond acceptors (Lipinski definition) is 2. The fourth-order valence-electron chi connectivity index (χ4n) is 1.63. The number of aromatic carboxylic acids is 1. The number of carbonyl (C=O) groups is 1. The molecule has 1 N–H and O–H groups in total. The molecule has 0 aliphatic carbocycles. The fraction of sp³-hybridized carbons (Fsp3) is 0.0625. The largest absolute Gasteiger partial charge is 0.478 e. The van der Waals surface area contributed by atoms with Gasteiger partial charge in [-0.15, -0.1) is 11.8 Å². The molecule has 0 aromatic heterocycles. The molecule has 0 aliphatic rings. The van der Waals surface area contributed by atoms with Crippen LogP contribution in [0.15, 0.2) is 59.5 Å². The molecule has 0 heterocycles. The molecule has 20 heavy (non-hydrogen) atoms. The average molecular weight is 288 g/mol. The highest BCUT2D eigenvalue weighted by Gasteiger charge is 2.08. The second kappa shape index (κ2) is 6.91. The molecule has 0 fully saturated rings. The lowest BCUT2D eigenvalue weighted by molar-refractivity contribution is 0.0696. The molecule has 0 radical (unpaired) electrons. The van der Waals surface area contributed by atoms with Crippen LogP contribution in [0, 0.1) is 5.82 Å². The zero-order valence-corrected chi connectivity index (χ0v) is 11.4. The Morgan fingerprint density at radius 1 is 1.20 bits per heavy atom. The number of rotatable bonds is 5. The van der Waals surface area contributed by atoms with Gasteiger partial charge in [-0.1, -0.05) is 42.5 Å². The van der Waals surface area contributed by atoms with Crippen molar-refractivity contribution in [2.45, 2.75) is 4.90 Å². The third kappa shape index (κ3) is 3.96. The minimum atomic E-state index is -1.05. The summed E-state index contributed by atoms with van der Waals surface area (Å²) in [5.41, 5.74) is 1.17. The molecule has 0 saturated carbocycles. The summed E-state index contributed by atoms with van der Waals surface area (Å²) in [4.78, 5) is 11.2. The lowest BCUT2D eigenvalue weighted by Crippen LogP contribution is -1.97. The number of carboxylic acids is 1. The maximum absolute atomic E-state index is 13.5. The van der Waals surface area contributed by atoms with Gasteiger partial charge in [-0.3, -0.25) is 0 Å². The Morgan fingerprint density at radius 2 is 1.95 bits per heavy atom. The molecule has 2 rings (SSSR count). The van der Waals surface area contributed by atoms with Crippen LogP contribution in [-0.2, 0) is 0 Å². The zero-order valence-electron chi connectivity index (χ0n) is 10.6. The Balaban J connectivity index is 1.99. The molecule has 0 amide bonds. The number of halogens is 1. The van der Waals surface area contributed by atoms with Crippen LogP contribution in [-0.4, -0.2) is 16.8 Å². The van der Waals surface area contributed by atoms with Crippen LogP contribution in [0.1, 0.15) is 15.9 Å². The summed E-state index contributed by atoms with van der Waals surface area (Å²) in [6.07, 6.45) is 3.87. The first-order valence-electron chi connectivity index (χ1n) is 6.04. The van der Waals surface area contributed by atoms with Crippen molar-refractivity contribution in [1.82, 2.24) is 0 Å². The smallest absolute Gasteiger partial charge is 0.335 e. The number of benzene rings is 2.